The quantitative estimate of drug-likeness (QED) is 0.879. The smallest absolute Gasteiger partial charge is 0.246 e. The fraction of sp³-hybridized carbons (Fsp3) is 0.308. The summed E-state index contributed by atoms with van der Waals surface area (Å²) in [5, 5.41) is 19.4. The van der Waals surface area contributed by atoms with Crippen molar-refractivity contribution in [3.63, 3.8) is 0 Å². The molecule has 0 saturated carbocycles. The summed E-state index contributed by atoms with van der Waals surface area (Å²) < 4.78 is 27.0. The number of amides is 1. The van der Waals surface area contributed by atoms with Gasteiger partial charge in [-0.2, -0.15) is 0 Å². The van der Waals surface area contributed by atoms with Crippen LogP contribution in [0.25, 0.3) is 0 Å². The number of carbonyl (C=O) groups excluding carboxylic acids is 1. The summed E-state index contributed by atoms with van der Waals surface area (Å²) in [5.74, 6) is -2.49. The van der Waals surface area contributed by atoms with Gasteiger partial charge in [-0.15, -0.1) is 5.10 Å². The van der Waals surface area contributed by atoms with Crippen LogP contribution in [-0.4, -0.2) is 26.0 Å². The zero-order chi connectivity index (χ0) is 15.4. The van der Waals surface area contributed by atoms with Crippen molar-refractivity contribution < 1.29 is 18.7 Å². The predicted octanol–water partition coefficient (Wildman–Crippen LogP) is 1.64. The first-order valence-corrected chi connectivity index (χ1v) is 6.32. The van der Waals surface area contributed by atoms with Gasteiger partial charge in [-0.1, -0.05) is 12.1 Å². The molecule has 1 unspecified atom stereocenters. The van der Waals surface area contributed by atoms with E-state index in [4.69, 9.17) is 0 Å². The fourth-order valence-electron chi connectivity index (χ4n) is 1.67. The van der Waals surface area contributed by atoms with Crippen LogP contribution in [0.2, 0.25) is 0 Å². The molecule has 112 valence electrons. The molecule has 1 aromatic carbocycles. The van der Waals surface area contributed by atoms with Gasteiger partial charge in [-0.05, 0) is 18.6 Å². The van der Waals surface area contributed by atoms with E-state index in [-0.39, 0.29) is 12.2 Å². The number of hydrogen-bond acceptors (Lipinski definition) is 4. The molecule has 0 fully saturated rings. The van der Waals surface area contributed by atoms with Crippen LogP contribution in [0.1, 0.15) is 25.1 Å². The maximum atomic E-state index is 13.0. The van der Waals surface area contributed by atoms with Crippen LogP contribution in [0, 0.1) is 11.6 Å². The van der Waals surface area contributed by atoms with E-state index in [1.54, 1.807) is 6.92 Å². The molecule has 0 bridgehead atoms. The molecule has 0 aliphatic carbocycles. The Kier molecular flexibility index (Phi) is 4.59. The van der Waals surface area contributed by atoms with Crippen LogP contribution in [0.3, 0.4) is 0 Å². The van der Waals surface area contributed by atoms with E-state index in [0.717, 1.165) is 12.1 Å². The number of aliphatic hydroxyl groups excluding tert-OH is 1. The molecule has 0 spiro atoms. The zero-order valence-corrected chi connectivity index (χ0v) is 11.3. The second-order valence-electron chi connectivity index (χ2n) is 4.44. The summed E-state index contributed by atoms with van der Waals surface area (Å²) in [7, 11) is 0. The number of hydrogen-bond donors (Lipinski definition) is 2. The molecule has 2 aromatic rings. The van der Waals surface area contributed by atoms with Gasteiger partial charge in [0.1, 0.15) is 12.2 Å². The number of aromatic nitrogens is 3. The van der Waals surface area contributed by atoms with Gasteiger partial charge in [0.25, 0.3) is 0 Å². The van der Waals surface area contributed by atoms with E-state index < -0.39 is 23.6 Å². The molecule has 0 aliphatic rings. The second kappa shape index (κ2) is 6.40. The van der Waals surface area contributed by atoms with Crippen molar-refractivity contribution >= 4 is 11.6 Å². The van der Waals surface area contributed by atoms with Crippen molar-refractivity contribution in [2.24, 2.45) is 0 Å². The van der Waals surface area contributed by atoms with Gasteiger partial charge in [0.05, 0.1) is 12.3 Å². The third kappa shape index (κ3) is 3.82. The Morgan fingerprint density at radius 1 is 1.43 bits per heavy atom. The summed E-state index contributed by atoms with van der Waals surface area (Å²) in [4.78, 5) is 11.7. The van der Waals surface area contributed by atoms with Gasteiger partial charge in [-0.25, -0.2) is 13.5 Å². The van der Waals surface area contributed by atoms with Crippen LogP contribution in [0.4, 0.5) is 14.5 Å². The van der Waals surface area contributed by atoms with Crippen LogP contribution in [0.5, 0.6) is 0 Å². The molecule has 0 radical (unpaired) electrons. The summed E-state index contributed by atoms with van der Waals surface area (Å²) >= 11 is 0. The molecule has 2 rings (SSSR count). The van der Waals surface area contributed by atoms with Crippen LogP contribution >= 0.6 is 0 Å². The number of nitrogens with one attached hydrogen (secondary N) is 1. The lowest BCUT2D eigenvalue weighted by atomic mass is 10.2. The fourth-order valence-corrected chi connectivity index (χ4v) is 1.67. The molecule has 8 heteroatoms. The average molecular weight is 296 g/mol. The highest BCUT2D eigenvalue weighted by Gasteiger charge is 2.12. The first kappa shape index (κ1) is 15.0. The third-order valence-electron chi connectivity index (χ3n) is 2.79. The predicted molar refractivity (Wildman–Crippen MR) is 70.3 cm³/mol. The highest BCUT2D eigenvalue weighted by atomic mass is 19.2. The minimum atomic E-state index is -1.04. The molecular weight excluding hydrogens is 282 g/mol. The Balaban J connectivity index is 1.98. The van der Waals surface area contributed by atoms with Gasteiger partial charge in [0.2, 0.25) is 5.91 Å². The maximum Gasteiger partial charge on any atom is 0.246 e. The zero-order valence-electron chi connectivity index (χ0n) is 11.3. The topological polar surface area (TPSA) is 80.0 Å². The average Bonchev–Trinajstić information content (AvgIpc) is 2.90. The molecule has 2 N–H and O–H groups in total. The first-order valence-electron chi connectivity index (χ1n) is 6.32. The summed E-state index contributed by atoms with van der Waals surface area (Å²) in [6.45, 7) is 1.64. The standard InChI is InChI=1S/C13H14F2N4O2/c1-2-12(20)11-6-19(18-17-11)7-13(21)16-8-3-4-9(14)10(15)5-8/h3-6,12,20H,2,7H2,1H3,(H,16,21). The summed E-state index contributed by atoms with van der Waals surface area (Å²) in [5.41, 5.74) is 0.519. The van der Waals surface area contributed by atoms with E-state index in [1.165, 1.54) is 16.9 Å². The lowest BCUT2D eigenvalue weighted by molar-refractivity contribution is -0.116. The van der Waals surface area contributed by atoms with Crippen LogP contribution < -0.4 is 5.32 Å². The molecule has 6 nitrogen and oxygen atoms in total. The number of halogens is 2. The number of anilines is 1. The number of aliphatic hydroxyl groups is 1. The van der Waals surface area contributed by atoms with E-state index in [1.807, 2.05) is 0 Å². The lowest BCUT2D eigenvalue weighted by Crippen LogP contribution is -2.19. The van der Waals surface area contributed by atoms with Gasteiger partial charge in [0.15, 0.2) is 11.6 Å². The molecule has 1 amide bonds. The van der Waals surface area contributed by atoms with Crippen LogP contribution in [-0.2, 0) is 11.3 Å². The van der Waals surface area contributed by atoms with Crippen LogP contribution in [0.15, 0.2) is 24.4 Å². The molecule has 1 atom stereocenters. The number of rotatable bonds is 5. The normalized spacial score (nSPS) is 12.2. The van der Waals surface area contributed by atoms with Crippen molar-refractivity contribution in [3.05, 3.63) is 41.7 Å². The Morgan fingerprint density at radius 3 is 2.86 bits per heavy atom. The van der Waals surface area contributed by atoms with Gasteiger partial charge in [0, 0.05) is 11.8 Å². The summed E-state index contributed by atoms with van der Waals surface area (Å²) in [6, 6.07) is 3.07. The van der Waals surface area contributed by atoms with E-state index in [9.17, 15) is 18.7 Å². The second-order valence-corrected chi connectivity index (χ2v) is 4.44. The van der Waals surface area contributed by atoms with Gasteiger partial charge in [-0.3, -0.25) is 4.79 Å². The van der Waals surface area contributed by atoms with E-state index >= 15 is 0 Å². The van der Waals surface area contributed by atoms with Crippen molar-refractivity contribution in [1.82, 2.24) is 15.0 Å². The first-order chi connectivity index (χ1) is 9.99. The van der Waals surface area contributed by atoms with E-state index in [2.05, 4.69) is 15.6 Å². The van der Waals surface area contributed by atoms with Crippen molar-refractivity contribution in [3.8, 4) is 0 Å². The van der Waals surface area contributed by atoms with E-state index in [0.29, 0.717) is 12.1 Å². The molecular formula is C13H14F2N4O2. The Hall–Kier alpha value is -2.35. The highest BCUT2D eigenvalue weighted by Crippen LogP contribution is 2.14. The minimum absolute atomic E-state index is 0.146. The Bertz CT molecular complexity index is 645. The number of nitrogens with zero attached hydrogens (tertiary/aromatic N) is 3. The molecule has 21 heavy (non-hydrogen) atoms. The van der Waals surface area contributed by atoms with Gasteiger partial charge >= 0.3 is 0 Å². The highest BCUT2D eigenvalue weighted by molar-refractivity contribution is 5.90. The SMILES string of the molecule is CCC(O)c1cn(CC(=O)Nc2ccc(F)c(F)c2)nn1. The largest absolute Gasteiger partial charge is 0.387 e. The number of benzene rings is 1. The monoisotopic (exact) mass is 296 g/mol. The Labute approximate surface area is 119 Å². The van der Waals surface area contributed by atoms with Crippen molar-refractivity contribution in [2.45, 2.75) is 26.0 Å². The lowest BCUT2D eigenvalue weighted by Gasteiger charge is -2.05. The Morgan fingerprint density at radius 2 is 2.19 bits per heavy atom. The molecule has 0 saturated heterocycles. The maximum absolute atomic E-state index is 13.0. The third-order valence-corrected chi connectivity index (χ3v) is 2.79. The van der Waals surface area contributed by atoms with Gasteiger partial charge < -0.3 is 10.4 Å². The molecule has 1 heterocycles. The van der Waals surface area contributed by atoms with Crippen molar-refractivity contribution in [2.75, 3.05) is 5.32 Å². The number of carbonyl (C=O) groups is 1. The van der Waals surface area contributed by atoms with Crippen molar-refractivity contribution in [1.29, 1.82) is 0 Å². The minimum Gasteiger partial charge on any atom is -0.387 e. The molecule has 0 aliphatic heterocycles. The summed E-state index contributed by atoms with van der Waals surface area (Å²) in [6.07, 6.45) is 1.21. The molecule has 1 aromatic heterocycles.